The molecule has 1 atom stereocenters. The maximum atomic E-state index is 14.9. The van der Waals surface area contributed by atoms with Crippen LogP contribution in [0.25, 0.3) is 23.2 Å². The first-order valence-electron chi connectivity index (χ1n) is 15.1. The van der Waals surface area contributed by atoms with Gasteiger partial charge in [-0.3, -0.25) is 9.36 Å². The fraction of sp³-hybridized carbons (Fsp3) is 0.400. The van der Waals surface area contributed by atoms with Crippen molar-refractivity contribution in [2.75, 3.05) is 12.4 Å². The van der Waals surface area contributed by atoms with Crippen LogP contribution in [0.2, 0.25) is 0 Å². The van der Waals surface area contributed by atoms with Gasteiger partial charge in [-0.2, -0.15) is 4.39 Å². The molecule has 8 heteroatoms. The highest BCUT2D eigenvalue weighted by Gasteiger charge is 2.22. The Morgan fingerprint density at radius 2 is 1.88 bits per heavy atom. The van der Waals surface area contributed by atoms with Gasteiger partial charge in [0.1, 0.15) is 0 Å². The van der Waals surface area contributed by atoms with Crippen molar-refractivity contribution in [1.82, 2.24) is 9.55 Å². The van der Waals surface area contributed by atoms with Gasteiger partial charge in [0.05, 0.1) is 24.7 Å². The number of Topliss-reactive ketones (excluding diaryl/α,β-unsaturated/α-hetero) is 1. The second kappa shape index (κ2) is 14.4. The number of fused-ring (bicyclic) bond motifs is 1. The van der Waals surface area contributed by atoms with Gasteiger partial charge in [0.15, 0.2) is 23.2 Å². The molecule has 1 aliphatic rings. The van der Waals surface area contributed by atoms with Crippen LogP contribution in [0.5, 0.6) is 5.75 Å². The summed E-state index contributed by atoms with van der Waals surface area (Å²) in [6, 6.07) is 8.59. The zero-order valence-electron chi connectivity index (χ0n) is 25.8. The highest BCUT2D eigenvalue weighted by molar-refractivity contribution is 5.98. The van der Waals surface area contributed by atoms with Crippen molar-refractivity contribution in [2.24, 2.45) is 11.8 Å². The Kier molecular flexibility index (Phi) is 10.7. The molecule has 0 saturated heterocycles. The van der Waals surface area contributed by atoms with Gasteiger partial charge in [-0.1, -0.05) is 45.8 Å². The molecule has 0 saturated carbocycles. The normalized spacial score (nSPS) is 13.3. The average Bonchev–Trinajstić information content (AvgIpc) is 3.29. The largest absolute Gasteiger partial charge is 0.494 e. The summed E-state index contributed by atoms with van der Waals surface area (Å²) >= 11 is 0. The van der Waals surface area contributed by atoms with Crippen molar-refractivity contribution in [2.45, 2.75) is 72.6 Å². The lowest BCUT2D eigenvalue weighted by Crippen LogP contribution is -2.08. The van der Waals surface area contributed by atoms with E-state index in [0.29, 0.717) is 36.2 Å². The third kappa shape index (κ3) is 7.66. The number of aryl methyl sites for hydroxylation is 1. The number of carbonyl (C=O) groups excluding carboxylic acids is 1. The quantitative estimate of drug-likeness (QED) is 0.112. The number of anilines is 1. The summed E-state index contributed by atoms with van der Waals surface area (Å²) in [6.07, 6.45) is 13.3. The molecule has 1 aliphatic heterocycles. The number of ether oxygens (including phenoxy) is 1. The molecule has 1 aromatic heterocycles. The molecule has 0 bridgehead atoms. The summed E-state index contributed by atoms with van der Waals surface area (Å²) < 4.78 is 36.0. The van der Waals surface area contributed by atoms with Gasteiger partial charge in [0.25, 0.3) is 0 Å². The molecule has 0 radical (unpaired) electrons. The van der Waals surface area contributed by atoms with Crippen molar-refractivity contribution in [3.8, 4) is 17.0 Å². The average molecular weight is 589 g/mol. The topological polar surface area (TPSA) is 80.0 Å². The van der Waals surface area contributed by atoms with Gasteiger partial charge in [-0.15, -0.1) is 0 Å². The second-order valence-electron chi connectivity index (χ2n) is 11.7. The summed E-state index contributed by atoms with van der Waals surface area (Å²) in [6.45, 7) is 8.27. The zero-order chi connectivity index (χ0) is 31.1. The number of carbonyl (C=O) groups is 1. The van der Waals surface area contributed by atoms with Gasteiger partial charge >= 0.3 is 0 Å². The van der Waals surface area contributed by atoms with Crippen LogP contribution in [-0.4, -0.2) is 28.2 Å². The number of halogens is 2. The molecule has 6 nitrogen and oxygen atoms in total. The molecule has 0 fully saturated rings. The maximum absolute atomic E-state index is 14.9. The Morgan fingerprint density at radius 3 is 2.60 bits per heavy atom. The fourth-order valence-corrected chi connectivity index (χ4v) is 5.31. The second-order valence-corrected chi connectivity index (χ2v) is 11.7. The minimum atomic E-state index is -1.04. The monoisotopic (exact) mass is 588 g/mol. The maximum Gasteiger partial charge on any atom is 0.201 e. The van der Waals surface area contributed by atoms with Crippen molar-refractivity contribution < 1.29 is 18.3 Å². The van der Waals surface area contributed by atoms with Gasteiger partial charge in [0.2, 0.25) is 5.82 Å². The Labute approximate surface area is 253 Å². The molecule has 0 amide bonds. The van der Waals surface area contributed by atoms with Crippen LogP contribution >= 0.6 is 0 Å². The first kappa shape index (κ1) is 31.9. The molecular weight excluding hydrogens is 546 g/mol. The van der Waals surface area contributed by atoms with E-state index < -0.39 is 11.6 Å². The molecule has 4 rings (SSSR count). The molecule has 0 spiro atoms. The van der Waals surface area contributed by atoms with Crippen LogP contribution in [-0.2, 0) is 0 Å². The Morgan fingerprint density at radius 1 is 1.09 bits per heavy atom. The minimum absolute atomic E-state index is 0.0857. The number of methoxy groups -OCH3 is 1. The van der Waals surface area contributed by atoms with Crippen LogP contribution in [0.1, 0.15) is 87.5 Å². The minimum Gasteiger partial charge on any atom is -0.494 e. The number of hydrogen-bond acceptors (Lipinski definition) is 5. The Hall–Kier alpha value is -4.07. The van der Waals surface area contributed by atoms with E-state index in [0.717, 1.165) is 60.3 Å². The molecule has 3 aromatic rings. The van der Waals surface area contributed by atoms with E-state index in [9.17, 15) is 13.6 Å². The number of allylic oxidation sites excluding steroid dienone is 2. The van der Waals surface area contributed by atoms with Crippen molar-refractivity contribution >= 4 is 29.1 Å². The number of aromatic nitrogens is 2. The van der Waals surface area contributed by atoms with E-state index in [4.69, 9.17) is 10.1 Å². The molecule has 2 heterocycles. The molecule has 0 unspecified atom stereocenters. The zero-order valence-corrected chi connectivity index (χ0v) is 25.8. The lowest BCUT2D eigenvalue weighted by Gasteiger charge is -2.15. The smallest absolute Gasteiger partial charge is 0.201 e. The first-order valence-corrected chi connectivity index (χ1v) is 15.1. The third-order valence-electron chi connectivity index (χ3n) is 8.05. The fourth-order valence-electron chi connectivity index (χ4n) is 5.31. The summed E-state index contributed by atoms with van der Waals surface area (Å²) in [5.41, 5.74) is 4.46. The molecule has 2 N–H and O–H groups in total. The summed E-state index contributed by atoms with van der Waals surface area (Å²) in [5.74, 6) is -0.702. The number of imidazole rings is 1. The Bertz CT molecular complexity index is 1540. The lowest BCUT2D eigenvalue weighted by molar-refractivity contribution is 0.0973. The number of ketones is 1. The number of unbranched alkanes of at least 4 members (excludes halogenated alkanes) is 1. The molecule has 228 valence electrons. The van der Waals surface area contributed by atoms with Crippen LogP contribution < -0.4 is 10.1 Å². The van der Waals surface area contributed by atoms with E-state index in [1.807, 2.05) is 37.3 Å². The highest BCUT2D eigenvalue weighted by atomic mass is 19.2. The summed E-state index contributed by atoms with van der Waals surface area (Å²) in [7, 11) is 1.30. The van der Waals surface area contributed by atoms with Gasteiger partial charge in [-0.05, 0) is 80.3 Å². The van der Waals surface area contributed by atoms with E-state index in [1.165, 1.54) is 25.4 Å². The molecule has 2 aromatic carbocycles. The Balaban J connectivity index is 1.40. The number of hydrogen-bond donors (Lipinski definition) is 2. The van der Waals surface area contributed by atoms with Crippen molar-refractivity contribution in [3.05, 3.63) is 77.3 Å². The summed E-state index contributed by atoms with van der Waals surface area (Å²) in [4.78, 5) is 17.6. The highest BCUT2D eigenvalue weighted by Crippen LogP contribution is 2.33. The van der Waals surface area contributed by atoms with Gasteiger partial charge < -0.3 is 15.5 Å². The number of nitrogens with one attached hydrogen (secondary N) is 2. The van der Waals surface area contributed by atoms with E-state index in [-0.39, 0.29) is 17.1 Å². The van der Waals surface area contributed by atoms with Crippen molar-refractivity contribution in [3.63, 3.8) is 0 Å². The predicted octanol–water partition coefficient (Wildman–Crippen LogP) is 9.31. The van der Waals surface area contributed by atoms with Crippen LogP contribution in [0.3, 0.4) is 0 Å². The molecule has 0 aliphatic carbocycles. The van der Waals surface area contributed by atoms with Crippen LogP contribution in [0.15, 0.2) is 48.7 Å². The predicted molar refractivity (Wildman–Crippen MR) is 171 cm³/mol. The van der Waals surface area contributed by atoms with Crippen LogP contribution in [0, 0.1) is 35.8 Å². The third-order valence-corrected chi connectivity index (χ3v) is 8.05. The van der Waals surface area contributed by atoms with Gasteiger partial charge in [0, 0.05) is 35.1 Å². The van der Waals surface area contributed by atoms with E-state index in [1.54, 1.807) is 10.8 Å². The number of benzene rings is 2. The first-order chi connectivity index (χ1) is 20.6. The molecule has 43 heavy (non-hydrogen) atoms. The lowest BCUT2D eigenvalue weighted by atomic mass is 9.93. The van der Waals surface area contributed by atoms with Crippen molar-refractivity contribution in [1.29, 1.82) is 5.41 Å². The van der Waals surface area contributed by atoms with Crippen LogP contribution in [0.4, 0.5) is 14.5 Å². The van der Waals surface area contributed by atoms with E-state index in [2.05, 4.69) is 31.1 Å². The van der Waals surface area contributed by atoms with E-state index >= 15 is 0 Å². The summed E-state index contributed by atoms with van der Waals surface area (Å²) in [5, 5.41) is 11.4. The van der Waals surface area contributed by atoms with Gasteiger partial charge in [-0.25, -0.2) is 9.37 Å². The standard InChI is InChI=1S/C35H42F2N4O2/c1-22(2)28(38)11-7-6-10-23(3)13-17-31(42)26-15-14-25(20-24(26)4)40-29-12-8-9-19-41-30(21-39-35(29)41)27-16-18-32(43-5)34(37)33(27)36/h9,12,14-16,18-23,38,40H,6-8,10-11,13,17H2,1-5H3/t23-/m1/s1. The number of nitrogens with zero attached hydrogens (tertiary/aromatic N) is 2. The number of rotatable bonds is 14. The molecular formula is C35H42F2N4O2. The SMILES string of the molecule is COc1ccc(-c2cnc3n2C=CCC=C3Nc2ccc(C(=O)CC[C@H](C)CCCCC(=N)C(C)C)c(C)c2)c(F)c1F.